The minimum absolute atomic E-state index is 0.00371. The second-order valence-electron chi connectivity index (χ2n) is 5.84. The lowest BCUT2D eigenvalue weighted by molar-refractivity contribution is -0.149. The van der Waals surface area contributed by atoms with Gasteiger partial charge in [0.25, 0.3) is 5.91 Å². The van der Waals surface area contributed by atoms with E-state index in [0.29, 0.717) is 18.4 Å². The van der Waals surface area contributed by atoms with E-state index in [1.165, 1.54) is 38.4 Å². The molecule has 0 aliphatic heterocycles. The molecule has 2 rings (SSSR count). The van der Waals surface area contributed by atoms with Crippen molar-refractivity contribution in [3.63, 3.8) is 0 Å². The molecule has 0 spiro atoms. The fraction of sp³-hybridized carbons (Fsp3) is 0.500. The number of hydrogen-bond acceptors (Lipinski definition) is 5. The molecule has 1 aliphatic rings. The number of rotatable bonds is 5. The SMILES string of the molecule is CNC(=O)c1ccc(S(=O)(=O)NC2(C(=O)OC)CCCCC2)cc1. The summed E-state index contributed by atoms with van der Waals surface area (Å²) in [5.41, 5.74) is -0.859. The van der Waals surface area contributed by atoms with Gasteiger partial charge in [-0.05, 0) is 37.1 Å². The Balaban J connectivity index is 2.28. The number of amides is 1. The molecule has 1 saturated carbocycles. The maximum Gasteiger partial charge on any atom is 0.327 e. The van der Waals surface area contributed by atoms with Crippen molar-refractivity contribution in [1.82, 2.24) is 10.0 Å². The summed E-state index contributed by atoms with van der Waals surface area (Å²) in [7, 11) is -1.15. The quantitative estimate of drug-likeness (QED) is 0.774. The highest BCUT2D eigenvalue weighted by atomic mass is 32.2. The first-order chi connectivity index (χ1) is 11.3. The Hall–Kier alpha value is -1.93. The van der Waals surface area contributed by atoms with E-state index in [2.05, 4.69) is 10.0 Å². The van der Waals surface area contributed by atoms with Crippen LogP contribution in [0.25, 0.3) is 0 Å². The Kier molecular flexibility index (Phi) is 5.61. The molecule has 1 aliphatic carbocycles. The second-order valence-corrected chi connectivity index (χ2v) is 7.53. The lowest BCUT2D eigenvalue weighted by Gasteiger charge is -2.34. The third-order valence-electron chi connectivity index (χ3n) is 4.27. The zero-order valence-electron chi connectivity index (χ0n) is 13.8. The zero-order chi connectivity index (χ0) is 17.8. The van der Waals surface area contributed by atoms with Crippen LogP contribution in [0.2, 0.25) is 0 Å². The number of sulfonamides is 1. The van der Waals surface area contributed by atoms with Crippen LogP contribution in [-0.2, 0) is 19.6 Å². The number of esters is 1. The molecular formula is C16H22N2O5S. The van der Waals surface area contributed by atoms with Gasteiger partial charge in [0.15, 0.2) is 0 Å². The molecule has 0 radical (unpaired) electrons. The van der Waals surface area contributed by atoms with E-state index in [4.69, 9.17) is 4.74 Å². The van der Waals surface area contributed by atoms with Gasteiger partial charge in [-0.2, -0.15) is 4.72 Å². The van der Waals surface area contributed by atoms with Crippen LogP contribution in [-0.4, -0.2) is 40.0 Å². The molecule has 1 fully saturated rings. The van der Waals surface area contributed by atoms with Gasteiger partial charge in [-0.1, -0.05) is 19.3 Å². The largest absolute Gasteiger partial charge is 0.468 e. The average molecular weight is 354 g/mol. The summed E-state index contributed by atoms with van der Waals surface area (Å²) >= 11 is 0. The minimum atomic E-state index is -3.91. The molecule has 1 aromatic carbocycles. The smallest absolute Gasteiger partial charge is 0.327 e. The monoisotopic (exact) mass is 354 g/mol. The van der Waals surface area contributed by atoms with Crippen LogP contribution in [0.15, 0.2) is 29.2 Å². The topological polar surface area (TPSA) is 102 Å². The molecule has 2 N–H and O–H groups in total. The van der Waals surface area contributed by atoms with Crippen LogP contribution < -0.4 is 10.0 Å². The Morgan fingerprint density at radius 1 is 1.08 bits per heavy atom. The Morgan fingerprint density at radius 2 is 1.67 bits per heavy atom. The number of methoxy groups -OCH3 is 1. The number of carbonyl (C=O) groups is 2. The molecule has 0 bridgehead atoms. The maximum atomic E-state index is 12.7. The van der Waals surface area contributed by atoms with Crippen molar-refractivity contribution in [2.24, 2.45) is 0 Å². The highest BCUT2D eigenvalue weighted by Crippen LogP contribution is 2.31. The molecule has 1 aromatic rings. The van der Waals surface area contributed by atoms with Gasteiger partial charge in [0, 0.05) is 12.6 Å². The first-order valence-corrected chi connectivity index (χ1v) is 9.27. The normalized spacial score (nSPS) is 17.1. The Morgan fingerprint density at radius 3 is 2.17 bits per heavy atom. The van der Waals surface area contributed by atoms with Crippen LogP contribution in [0.3, 0.4) is 0 Å². The molecule has 8 heteroatoms. The zero-order valence-corrected chi connectivity index (χ0v) is 14.6. The van der Waals surface area contributed by atoms with Crippen LogP contribution in [0, 0.1) is 0 Å². The third kappa shape index (κ3) is 3.76. The number of hydrogen-bond donors (Lipinski definition) is 2. The first-order valence-electron chi connectivity index (χ1n) is 7.79. The summed E-state index contributed by atoms with van der Waals surface area (Å²) < 4.78 is 32.7. The summed E-state index contributed by atoms with van der Waals surface area (Å²) in [5.74, 6) is -0.863. The van der Waals surface area contributed by atoms with E-state index >= 15 is 0 Å². The minimum Gasteiger partial charge on any atom is -0.468 e. The number of carbonyl (C=O) groups excluding carboxylic acids is 2. The van der Waals surface area contributed by atoms with Crippen LogP contribution in [0.1, 0.15) is 42.5 Å². The van der Waals surface area contributed by atoms with Crippen molar-refractivity contribution >= 4 is 21.9 Å². The van der Waals surface area contributed by atoms with E-state index in [0.717, 1.165) is 19.3 Å². The average Bonchev–Trinajstić information content (AvgIpc) is 2.60. The van der Waals surface area contributed by atoms with Gasteiger partial charge < -0.3 is 10.1 Å². The van der Waals surface area contributed by atoms with Crippen molar-refractivity contribution in [3.05, 3.63) is 29.8 Å². The first kappa shape index (κ1) is 18.4. The van der Waals surface area contributed by atoms with Crippen molar-refractivity contribution in [1.29, 1.82) is 0 Å². The highest BCUT2D eigenvalue weighted by Gasteiger charge is 2.44. The fourth-order valence-corrected chi connectivity index (χ4v) is 4.36. The summed E-state index contributed by atoms with van der Waals surface area (Å²) in [6.07, 6.45) is 3.30. The van der Waals surface area contributed by atoms with Crippen LogP contribution in [0.5, 0.6) is 0 Å². The fourth-order valence-electron chi connectivity index (χ4n) is 2.94. The third-order valence-corrected chi connectivity index (χ3v) is 5.82. The van der Waals surface area contributed by atoms with Gasteiger partial charge in [-0.25, -0.2) is 8.42 Å². The summed E-state index contributed by atoms with van der Waals surface area (Å²) in [6.45, 7) is 0. The predicted molar refractivity (Wildman–Crippen MR) is 88.0 cm³/mol. The van der Waals surface area contributed by atoms with E-state index in [-0.39, 0.29) is 10.8 Å². The number of benzene rings is 1. The molecule has 1 amide bonds. The second kappa shape index (κ2) is 7.31. The van der Waals surface area contributed by atoms with Crippen molar-refractivity contribution in [3.8, 4) is 0 Å². The molecule has 7 nitrogen and oxygen atoms in total. The summed E-state index contributed by atoms with van der Waals surface area (Å²) in [6, 6.07) is 5.56. The van der Waals surface area contributed by atoms with E-state index < -0.39 is 21.5 Å². The van der Waals surface area contributed by atoms with Crippen molar-refractivity contribution in [2.45, 2.75) is 42.5 Å². The maximum absolute atomic E-state index is 12.7. The molecular weight excluding hydrogens is 332 g/mol. The van der Waals surface area contributed by atoms with Crippen LogP contribution >= 0.6 is 0 Å². The Labute approximate surface area is 141 Å². The van der Waals surface area contributed by atoms with Crippen LogP contribution in [0.4, 0.5) is 0 Å². The van der Waals surface area contributed by atoms with E-state index in [1.807, 2.05) is 0 Å². The highest BCUT2D eigenvalue weighted by molar-refractivity contribution is 7.89. The summed E-state index contributed by atoms with van der Waals surface area (Å²) in [4.78, 5) is 23.7. The van der Waals surface area contributed by atoms with Crippen molar-refractivity contribution in [2.75, 3.05) is 14.2 Å². The molecule has 132 valence electrons. The van der Waals surface area contributed by atoms with Gasteiger partial charge >= 0.3 is 5.97 Å². The lowest BCUT2D eigenvalue weighted by Crippen LogP contribution is -2.55. The molecule has 24 heavy (non-hydrogen) atoms. The van der Waals surface area contributed by atoms with Gasteiger partial charge in [0.05, 0.1) is 12.0 Å². The van der Waals surface area contributed by atoms with E-state index in [1.54, 1.807) is 0 Å². The molecule has 0 unspecified atom stereocenters. The van der Waals surface area contributed by atoms with Gasteiger partial charge in [-0.3, -0.25) is 9.59 Å². The predicted octanol–water partition coefficient (Wildman–Crippen LogP) is 1.20. The van der Waals surface area contributed by atoms with Crippen molar-refractivity contribution < 1.29 is 22.7 Å². The molecule has 0 saturated heterocycles. The number of nitrogens with one attached hydrogen (secondary N) is 2. The lowest BCUT2D eigenvalue weighted by atomic mass is 9.83. The standard InChI is InChI=1S/C16H22N2O5S/c1-17-14(19)12-6-8-13(9-7-12)24(21,22)18-16(15(20)23-2)10-4-3-5-11-16/h6-9,18H,3-5,10-11H2,1-2H3,(H,17,19). The number of ether oxygens (including phenoxy) is 1. The van der Waals surface area contributed by atoms with Gasteiger partial charge in [-0.15, -0.1) is 0 Å². The van der Waals surface area contributed by atoms with Gasteiger partial charge in [0.2, 0.25) is 10.0 Å². The molecule has 0 aromatic heterocycles. The summed E-state index contributed by atoms with van der Waals surface area (Å²) in [5, 5.41) is 2.47. The van der Waals surface area contributed by atoms with E-state index in [9.17, 15) is 18.0 Å². The molecule has 0 atom stereocenters. The molecule has 0 heterocycles. The Bertz CT molecular complexity index is 706. The van der Waals surface area contributed by atoms with Gasteiger partial charge in [0.1, 0.15) is 5.54 Å².